The molecule has 1 aromatic rings. The van der Waals surface area contributed by atoms with E-state index >= 15 is 0 Å². The third-order valence-electron chi connectivity index (χ3n) is 2.48. The van der Waals surface area contributed by atoms with E-state index < -0.39 is 0 Å². The van der Waals surface area contributed by atoms with Crippen LogP contribution in [0.25, 0.3) is 0 Å². The highest BCUT2D eigenvalue weighted by atomic mass is 35.5. The number of carbonyl (C=O) groups excluding carboxylic acids is 1. The largest absolute Gasteiger partial charge is 0.382 e. The molecule has 1 aliphatic rings. The number of anilines is 2. The molecule has 1 atom stereocenters. The summed E-state index contributed by atoms with van der Waals surface area (Å²) in [6.07, 6.45) is 1.89. The fourth-order valence-electron chi connectivity index (χ4n) is 1.69. The van der Waals surface area contributed by atoms with Gasteiger partial charge in [0.1, 0.15) is 5.69 Å². The first-order valence-corrected chi connectivity index (χ1v) is 5.67. The molecule has 0 spiro atoms. The Morgan fingerprint density at radius 1 is 1.62 bits per heavy atom. The summed E-state index contributed by atoms with van der Waals surface area (Å²) in [6.45, 7) is 0.553. The maximum absolute atomic E-state index is 11.7. The lowest BCUT2D eigenvalue weighted by Crippen LogP contribution is -2.26. The fourth-order valence-corrected chi connectivity index (χ4v) is 2.04. The Kier molecular flexibility index (Phi) is 3.16. The van der Waals surface area contributed by atoms with Crippen molar-refractivity contribution in [2.45, 2.75) is 6.42 Å². The molecule has 16 heavy (non-hydrogen) atoms. The second kappa shape index (κ2) is 4.43. The summed E-state index contributed by atoms with van der Waals surface area (Å²) < 4.78 is 0. The molecule has 0 radical (unpaired) electrons. The van der Waals surface area contributed by atoms with Crippen LogP contribution in [-0.4, -0.2) is 28.3 Å². The van der Waals surface area contributed by atoms with Crippen molar-refractivity contribution in [1.82, 2.24) is 9.97 Å². The molecular formula is C9H10Cl2N4O. The molecule has 2 N–H and O–H groups in total. The summed E-state index contributed by atoms with van der Waals surface area (Å²) in [6, 6.07) is 0. The summed E-state index contributed by atoms with van der Waals surface area (Å²) in [5.41, 5.74) is 6.19. The van der Waals surface area contributed by atoms with E-state index in [1.807, 2.05) is 0 Å². The number of nitrogen functional groups attached to an aromatic ring is 1. The Morgan fingerprint density at radius 3 is 2.94 bits per heavy atom. The van der Waals surface area contributed by atoms with E-state index in [9.17, 15) is 4.79 Å². The van der Waals surface area contributed by atoms with E-state index in [0.29, 0.717) is 24.5 Å². The molecule has 86 valence electrons. The lowest BCUT2D eigenvalue weighted by molar-refractivity contribution is -0.117. The van der Waals surface area contributed by atoms with Crippen molar-refractivity contribution in [2.75, 3.05) is 23.1 Å². The zero-order chi connectivity index (χ0) is 11.7. The van der Waals surface area contributed by atoms with Gasteiger partial charge >= 0.3 is 0 Å². The lowest BCUT2D eigenvalue weighted by Gasteiger charge is -2.17. The van der Waals surface area contributed by atoms with Crippen LogP contribution in [0.5, 0.6) is 0 Å². The first-order chi connectivity index (χ1) is 7.61. The average molecular weight is 261 g/mol. The van der Waals surface area contributed by atoms with Crippen LogP contribution in [0.4, 0.5) is 11.5 Å². The Labute approximate surface area is 103 Å². The van der Waals surface area contributed by atoms with Crippen molar-refractivity contribution in [3.05, 3.63) is 11.5 Å². The van der Waals surface area contributed by atoms with Gasteiger partial charge in [-0.3, -0.25) is 4.79 Å². The number of carbonyl (C=O) groups is 1. The van der Waals surface area contributed by atoms with Crippen molar-refractivity contribution in [3.8, 4) is 0 Å². The van der Waals surface area contributed by atoms with E-state index in [4.69, 9.17) is 28.9 Å². The smallest absolute Gasteiger partial charge is 0.227 e. The molecule has 0 bridgehead atoms. The predicted molar refractivity (Wildman–Crippen MR) is 62.6 cm³/mol. The Morgan fingerprint density at radius 2 is 2.38 bits per heavy atom. The third kappa shape index (κ3) is 2.05. The minimum atomic E-state index is -0.0109. The number of alkyl halides is 1. The summed E-state index contributed by atoms with van der Waals surface area (Å²) >= 11 is 11.3. The molecule has 2 heterocycles. The highest BCUT2D eigenvalue weighted by Gasteiger charge is 2.31. The quantitative estimate of drug-likeness (QED) is 0.643. The van der Waals surface area contributed by atoms with Gasteiger partial charge in [0.2, 0.25) is 11.2 Å². The molecule has 1 aromatic heterocycles. The van der Waals surface area contributed by atoms with E-state index in [-0.39, 0.29) is 22.9 Å². The molecule has 1 aliphatic heterocycles. The first kappa shape index (κ1) is 11.4. The van der Waals surface area contributed by atoms with Crippen LogP contribution >= 0.6 is 23.2 Å². The SMILES string of the molecule is Nc1nc(Cl)ncc1N1CC(CCl)CC1=O. The van der Waals surface area contributed by atoms with Crippen molar-refractivity contribution in [1.29, 1.82) is 0 Å². The molecule has 1 unspecified atom stereocenters. The van der Waals surface area contributed by atoms with Crippen LogP contribution in [0.3, 0.4) is 0 Å². The monoisotopic (exact) mass is 260 g/mol. The van der Waals surface area contributed by atoms with Crippen LogP contribution < -0.4 is 10.6 Å². The minimum absolute atomic E-state index is 0.0109. The number of nitrogens with two attached hydrogens (primary N) is 1. The van der Waals surface area contributed by atoms with Gasteiger partial charge in [0.25, 0.3) is 0 Å². The average Bonchev–Trinajstić information content (AvgIpc) is 2.60. The van der Waals surface area contributed by atoms with Crippen LogP contribution in [-0.2, 0) is 4.79 Å². The Balaban J connectivity index is 2.28. The third-order valence-corrected chi connectivity index (χ3v) is 3.10. The summed E-state index contributed by atoms with van der Waals surface area (Å²) in [5, 5.41) is 0.0711. The number of rotatable bonds is 2. The van der Waals surface area contributed by atoms with Crippen LogP contribution in [0.1, 0.15) is 6.42 Å². The van der Waals surface area contributed by atoms with Crippen LogP contribution in [0.2, 0.25) is 5.28 Å². The molecule has 2 rings (SSSR count). The van der Waals surface area contributed by atoms with Gasteiger partial charge in [-0.2, -0.15) is 4.98 Å². The van der Waals surface area contributed by atoms with E-state index in [1.54, 1.807) is 4.90 Å². The van der Waals surface area contributed by atoms with Gasteiger partial charge in [0.15, 0.2) is 5.82 Å². The lowest BCUT2D eigenvalue weighted by atomic mass is 10.1. The molecule has 5 nitrogen and oxygen atoms in total. The van der Waals surface area contributed by atoms with Gasteiger partial charge in [-0.05, 0) is 17.5 Å². The maximum atomic E-state index is 11.7. The van der Waals surface area contributed by atoms with E-state index in [2.05, 4.69) is 9.97 Å². The molecule has 0 aliphatic carbocycles. The van der Waals surface area contributed by atoms with Gasteiger partial charge in [0.05, 0.1) is 6.20 Å². The summed E-state index contributed by atoms with van der Waals surface area (Å²) in [5.74, 6) is 0.812. The number of nitrogens with zero attached hydrogens (tertiary/aromatic N) is 3. The zero-order valence-electron chi connectivity index (χ0n) is 8.36. The van der Waals surface area contributed by atoms with Gasteiger partial charge in [-0.1, -0.05) is 0 Å². The minimum Gasteiger partial charge on any atom is -0.382 e. The maximum Gasteiger partial charge on any atom is 0.227 e. The Bertz CT molecular complexity index is 426. The van der Waals surface area contributed by atoms with Gasteiger partial charge in [-0.15, -0.1) is 11.6 Å². The topological polar surface area (TPSA) is 72.1 Å². The molecule has 7 heteroatoms. The fraction of sp³-hybridized carbons (Fsp3) is 0.444. The first-order valence-electron chi connectivity index (χ1n) is 4.76. The van der Waals surface area contributed by atoms with Gasteiger partial charge in [-0.25, -0.2) is 4.98 Å². The van der Waals surface area contributed by atoms with Crippen LogP contribution in [0.15, 0.2) is 6.20 Å². The zero-order valence-corrected chi connectivity index (χ0v) is 9.87. The molecule has 1 amide bonds. The van der Waals surface area contributed by atoms with Crippen LogP contribution in [0, 0.1) is 5.92 Å². The molecule has 1 saturated heterocycles. The van der Waals surface area contributed by atoms with Crippen molar-refractivity contribution < 1.29 is 4.79 Å². The number of hydrogen-bond acceptors (Lipinski definition) is 4. The number of aromatic nitrogens is 2. The number of halogens is 2. The molecular weight excluding hydrogens is 251 g/mol. The second-order valence-corrected chi connectivity index (χ2v) is 4.28. The standard InChI is InChI=1S/C9H10Cl2N4O/c10-2-5-1-7(16)15(4-5)6-3-13-9(11)14-8(6)12/h3,5H,1-2,4H2,(H2,12,13,14). The summed E-state index contributed by atoms with van der Waals surface area (Å²) in [4.78, 5) is 20.9. The second-order valence-electron chi connectivity index (χ2n) is 3.64. The van der Waals surface area contributed by atoms with Crippen molar-refractivity contribution >= 4 is 40.6 Å². The Hall–Kier alpha value is -1.07. The van der Waals surface area contributed by atoms with Gasteiger partial charge < -0.3 is 10.6 Å². The predicted octanol–water partition coefficient (Wildman–Crippen LogP) is 1.30. The highest BCUT2D eigenvalue weighted by Crippen LogP contribution is 2.28. The van der Waals surface area contributed by atoms with Crippen molar-refractivity contribution in [3.63, 3.8) is 0 Å². The van der Waals surface area contributed by atoms with E-state index in [0.717, 1.165) is 0 Å². The molecule has 0 aromatic carbocycles. The summed E-state index contributed by atoms with van der Waals surface area (Å²) in [7, 11) is 0. The number of amides is 1. The molecule has 0 saturated carbocycles. The normalized spacial score (nSPS) is 20.5. The number of hydrogen-bond donors (Lipinski definition) is 1. The van der Waals surface area contributed by atoms with Gasteiger partial charge in [0, 0.05) is 18.8 Å². The molecule has 1 fully saturated rings. The highest BCUT2D eigenvalue weighted by molar-refractivity contribution is 6.28. The van der Waals surface area contributed by atoms with E-state index in [1.165, 1.54) is 6.20 Å². The van der Waals surface area contributed by atoms with Crippen molar-refractivity contribution in [2.24, 2.45) is 5.92 Å².